The Bertz CT molecular complexity index is 444. The van der Waals surface area contributed by atoms with Crippen LogP contribution in [0.2, 0.25) is 0 Å². The highest BCUT2D eigenvalue weighted by Gasteiger charge is 2.38. The molecule has 2 atom stereocenters. The highest BCUT2D eigenvalue weighted by Crippen LogP contribution is 2.09. The molecular weight excluding hydrogens is 226 g/mol. The zero-order valence-corrected chi connectivity index (χ0v) is 9.73. The van der Waals surface area contributed by atoms with E-state index in [1.165, 1.54) is 0 Å². The van der Waals surface area contributed by atoms with Crippen LogP contribution in [0.1, 0.15) is 5.56 Å². The summed E-state index contributed by atoms with van der Waals surface area (Å²) in [4.78, 5) is 0. The number of nitrogens with two attached hydrogens (primary N) is 1. The van der Waals surface area contributed by atoms with Crippen molar-refractivity contribution in [3.05, 3.63) is 35.9 Å². The van der Waals surface area contributed by atoms with E-state index in [1.807, 2.05) is 35.6 Å². The van der Waals surface area contributed by atoms with Gasteiger partial charge in [0.25, 0.3) is 0 Å². The van der Waals surface area contributed by atoms with Crippen LogP contribution in [0.15, 0.2) is 30.3 Å². The smallest absolute Gasteiger partial charge is 0.159 e. The molecule has 1 fully saturated rings. The van der Waals surface area contributed by atoms with E-state index in [1.54, 1.807) is 0 Å². The molecule has 0 aromatic heterocycles. The standard InChI is InChI=1S/C11H15NO3S/c13-11-8-16(14,15)7-10(11)12-6-9-4-2-1-3-5-9/h1-5,10-13H,6-8H2/p+1/t10-,11+/m1/s1. The first kappa shape index (κ1) is 11.6. The number of aliphatic hydroxyl groups is 1. The largest absolute Gasteiger partial charge is 0.386 e. The summed E-state index contributed by atoms with van der Waals surface area (Å²) in [5.41, 5.74) is 1.14. The number of hydrogen-bond donors (Lipinski definition) is 2. The van der Waals surface area contributed by atoms with E-state index >= 15 is 0 Å². The first-order chi connectivity index (χ1) is 7.57. The van der Waals surface area contributed by atoms with Gasteiger partial charge >= 0.3 is 0 Å². The fraction of sp³-hybridized carbons (Fsp3) is 0.455. The van der Waals surface area contributed by atoms with Gasteiger partial charge in [0.05, 0.1) is 5.75 Å². The van der Waals surface area contributed by atoms with E-state index in [2.05, 4.69) is 0 Å². The van der Waals surface area contributed by atoms with Gasteiger partial charge in [-0.1, -0.05) is 30.3 Å². The van der Waals surface area contributed by atoms with Crippen LogP contribution in [0.3, 0.4) is 0 Å². The van der Waals surface area contributed by atoms with Crippen molar-refractivity contribution in [2.24, 2.45) is 0 Å². The van der Waals surface area contributed by atoms with Gasteiger partial charge in [-0.15, -0.1) is 0 Å². The summed E-state index contributed by atoms with van der Waals surface area (Å²) in [6, 6.07) is 9.61. The summed E-state index contributed by atoms with van der Waals surface area (Å²) in [6.45, 7) is 0.706. The Hall–Kier alpha value is -0.910. The van der Waals surface area contributed by atoms with Crippen LogP contribution in [0.4, 0.5) is 0 Å². The molecule has 1 aliphatic heterocycles. The average molecular weight is 242 g/mol. The Morgan fingerprint density at radius 1 is 1.25 bits per heavy atom. The maximum absolute atomic E-state index is 11.3. The van der Waals surface area contributed by atoms with Gasteiger partial charge < -0.3 is 10.4 Å². The quantitative estimate of drug-likeness (QED) is 0.707. The lowest BCUT2D eigenvalue weighted by atomic mass is 10.2. The molecule has 1 saturated heterocycles. The molecule has 1 aromatic rings. The topological polar surface area (TPSA) is 71.0 Å². The monoisotopic (exact) mass is 242 g/mol. The fourth-order valence-corrected chi connectivity index (χ4v) is 3.83. The number of rotatable bonds is 3. The molecule has 0 saturated carbocycles. The highest BCUT2D eigenvalue weighted by atomic mass is 32.2. The first-order valence-corrected chi connectivity index (χ1v) is 7.15. The average Bonchev–Trinajstić information content (AvgIpc) is 2.50. The van der Waals surface area contributed by atoms with Gasteiger partial charge in [-0.3, -0.25) is 0 Å². The van der Waals surface area contributed by atoms with Crippen LogP contribution in [-0.4, -0.2) is 37.2 Å². The molecule has 0 radical (unpaired) electrons. The van der Waals surface area contributed by atoms with E-state index in [-0.39, 0.29) is 17.5 Å². The second kappa shape index (κ2) is 4.53. The van der Waals surface area contributed by atoms with Gasteiger partial charge in [-0.25, -0.2) is 8.42 Å². The molecule has 4 nitrogen and oxygen atoms in total. The summed E-state index contributed by atoms with van der Waals surface area (Å²) < 4.78 is 22.6. The van der Waals surface area contributed by atoms with Crippen LogP contribution in [0.5, 0.6) is 0 Å². The molecule has 0 spiro atoms. The molecule has 3 N–H and O–H groups in total. The number of sulfone groups is 1. The highest BCUT2D eigenvalue weighted by molar-refractivity contribution is 7.91. The van der Waals surface area contributed by atoms with Crippen LogP contribution in [-0.2, 0) is 16.4 Å². The number of hydrogen-bond acceptors (Lipinski definition) is 3. The minimum absolute atomic E-state index is 0.0843. The zero-order chi connectivity index (χ0) is 11.6. The summed E-state index contributed by atoms with van der Waals surface area (Å²) >= 11 is 0. The lowest BCUT2D eigenvalue weighted by Gasteiger charge is -2.11. The molecule has 1 aromatic carbocycles. The van der Waals surface area contributed by atoms with Crippen molar-refractivity contribution in [2.75, 3.05) is 11.5 Å². The van der Waals surface area contributed by atoms with Gasteiger partial charge in [0, 0.05) is 5.56 Å². The molecule has 1 aliphatic rings. The van der Waals surface area contributed by atoms with E-state index in [0.29, 0.717) is 6.54 Å². The maximum atomic E-state index is 11.3. The molecule has 0 aliphatic carbocycles. The lowest BCUT2D eigenvalue weighted by Crippen LogP contribution is -2.91. The Kier molecular flexibility index (Phi) is 3.28. The third-order valence-electron chi connectivity index (χ3n) is 2.86. The van der Waals surface area contributed by atoms with Crippen LogP contribution >= 0.6 is 0 Å². The molecule has 5 heteroatoms. The third kappa shape index (κ3) is 2.81. The van der Waals surface area contributed by atoms with Crippen molar-refractivity contribution in [1.29, 1.82) is 0 Å². The van der Waals surface area contributed by atoms with Gasteiger partial charge in [0.1, 0.15) is 24.4 Å². The zero-order valence-electron chi connectivity index (χ0n) is 8.91. The number of quaternary nitrogens is 1. The van der Waals surface area contributed by atoms with E-state index in [9.17, 15) is 13.5 Å². The fourth-order valence-electron chi connectivity index (χ4n) is 1.98. The van der Waals surface area contributed by atoms with E-state index in [4.69, 9.17) is 0 Å². The minimum Gasteiger partial charge on any atom is -0.386 e. The molecule has 88 valence electrons. The number of benzene rings is 1. The van der Waals surface area contributed by atoms with Crippen molar-refractivity contribution in [2.45, 2.75) is 18.7 Å². The van der Waals surface area contributed by atoms with Gasteiger partial charge in [0.15, 0.2) is 9.84 Å². The van der Waals surface area contributed by atoms with Crippen molar-refractivity contribution < 1.29 is 18.8 Å². The molecule has 0 bridgehead atoms. The first-order valence-electron chi connectivity index (χ1n) is 5.32. The van der Waals surface area contributed by atoms with Crippen LogP contribution in [0, 0.1) is 0 Å². The van der Waals surface area contributed by atoms with Crippen molar-refractivity contribution >= 4 is 9.84 Å². The summed E-state index contributed by atoms with van der Waals surface area (Å²) in [6.07, 6.45) is -0.728. The van der Waals surface area contributed by atoms with Crippen LogP contribution < -0.4 is 5.32 Å². The van der Waals surface area contributed by atoms with E-state index in [0.717, 1.165) is 5.56 Å². The summed E-state index contributed by atoms with van der Waals surface area (Å²) in [5.74, 6) is -0.00996. The Morgan fingerprint density at radius 3 is 2.50 bits per heavy atom. The predicted octanol–water partition coefficient (Wildman–Crippen LogP) is -1.09. The SMILES string of the molecule is O=S1(=O)C[C@H](O)[C@H]([NH2+]Cc2ccccc2)C1. The number of aliphatic hydroxyl groups excluding tert-OH is 1. The Morgan fingerprint density at radius 2 is 1.94 bits per heavy atom. The summed E-state index contributed by atoms with van der Waals surface area (Å²) in [7, 11) is -3.03. The van der Waals surface area contributed by atoms with E-state index < -0.39 is 15.9 Å². The minimum atomic E-state index is -3.03. The molecular formula is C11H16NO3S+. The second-order valence-electron chi connectivity index (χ2n) is 4.23. The van der Waals surface area contributed by atoms with Gasteiger partial charge in [-0.2, -0.15) is 0 Å². The molecule has 16 heavy (non-hydrogen) atoms. The Labute approximate surface area is 95.2 Å². The van der Waals surface area contributed by atoms with Crippen molar-refractivity contribution in [1.82, 2.24) is 0 Å². The van der Waals surface area contributed by atoms with Crippen molar-refractivity contribution in [3.63, 3.8) is 0 Å². The predicted molar refractivity (Wildman–Crippen MR) is 60.5 cm³/mol. The Balaban J connectivity index is 1.92. The third-order valence-corrected chi connectivity index (χ3v) is 4.61. The van der Waals surface area contributed by atoms with Gasteiger partial charge in [-0.05, 0) is 0 Å². The van der Waals surface area contributed by atoms with Gasteiger partial charge in [0.2, 0.25) is 0 Å². The maximum Gasteiger partial charge on any atom is 0.159 e. The van der Waals surface area contributed by atoms with Crippen LogP contribution in [0.25, 0.3) is 0 Å². The molecule has 0 unspecified atom stereocenters. The normalized spacial score (nSPS) is 28.1. The lowest BCUT2D eigenvalue weighted by molar-refractivity contribution is -0.705. The summed E-state index contributed by atoms with van der Waals surface area (Å²) in [5, 5.41) is 11.5. The second-order valence-corrected chi connectivity index (χ2v) is 6.39. The molecule has 0 amide bonds. The molecule has 2 rings (SSSR count). The van der Waals surface area contributed by atoms with Crippen molar-refractivity contribution in [3.8, 4) is 0 Å². The molecule has 1 heterocycles.